The van der Waals surface area contributed by atoms with Crippen LogP contribution >= 0.6 is 0 Å². The van der Waals surface area contributed by atoms with Crippen molar-refractivity contribution < 1.29 is 4.39 Å². The van der Waals surface area contributed by atoms with E-state index in [2.05, 4.69) is 15.3 Å². The fourth-order valence-electron chi connectivity index (χ4n) is 1.53. The van der Waals surface area contributed by atoms with E-state index in [9.17, 15) is 4.39 Å². The van der Waals surface area contributed by atoms with Gasteiger partial charge in [-0.05, 0) is 25.1 Å². The van der Waals surface area contributed by atoms with E-state index >= 15 is 0 Å². The van der Waals surface area contributed by atoms with Crippen molar-refractivity contribution in [2.45, 2.75) is 6.42 Å². The Balaban J connectivity index is 2.07. The highest BCUT2D eigenvalue weighted by Crippen LogP contribution is 2.16. The molecule has 0 saturated heterocycles. The number of nitrogens with one attached hydrogen (secondary N) is 1. The molecule has 2 aromatic rings. The Kier molecular flexibility index (Phi) is 4.20. The molecule has 4 nitrogen and oxygen atoms in total. The normalized spacial score (nSPS) is 10.3. The van der Waals surface area contributed by atoms with Gasteiger partial charge in [-0.1, -0.05) is 12.1 Å². The van der Waals surface area contributed by atoms with E-state index in [0.29, 0.717) is 17.9 Å². The van der Waals surface area contributed by atoms with Crippen LogP contribution < -0.4 is 11.1 Å². The number of nitrogens with zero attached hydrogens (tertiary/aromatic N) is 2. The molecule has 0 saturated carbocycles. The van der Waals surface area contributed by atoms with Gasteiger partial charge in [-0.3, -0.25) is 0 Å². The summed E-state index contributed by atoms with van der Waals surface area (Å²) in [6.07, 6.45) is 4.26. The maximum Gasteiger partial charge on any atom is 0.159 e. The number of nitrogens with two attached hydrogens (primary N) is 1. The zero-order valence-corrected chi connectivity index (χ0v) is 9.94. The van der Waals surface area contributed by atoms with Gasteiger partial charge in [0, 0.05) is 12.1 Å². The summed E-state index contributed by atoms with van der Waals surface area (Å²) in [5.74, 6) is 0.222. The molecule has 1 aromatic carbocycles. The largest absolute Gasteiger partial charge is 0.383 e. The lowest BCUT2D eigenvalue weighted by atomic mass is 10.2. The van der Waals surface area contributed by atoms with Crippen molar-refractivity contribution in [3.8, 4) is 11.4 Å². The number of anilines is 1. The van der Waals surface area contributed by atoms with Crippen molar-refractivity contribution in [1.82, 2.24) is 9.97 Å². The Bertz CT molecular complexity index is 499. The van der Waals surface area contributed by atoms with E-state index in [0.717, 1.165) is 18.7 Å². The van der Waals surface area contributed by atoms with Crippen molar-refractivity contribution >= 4 is 5.69 Å². The van der Waals surface area contributed by atoms with Gasteiger partial charge in [0.05, 0.1) is 18.1 Å². The van der Waals surface area contributed by atoms with Crippen LogP contribution in [-0.4, -0.2) is 23.1 Å². The van der Waals surface area contributed by atoms with Crippen LogP contribution in [0.4, 0.5) is 10.1 Å². The number of hydrogen-bond donors (Lipinski definition) is 2. The molecule has 0 bridgehead atoms. The number of hydrogen-bond acceptors (Lipinski definition) is 4. The second-order valence-corrected chi connectivity index (χ2v) is 3.87. The van der Waals surface area contributed by atoms with Gasteiger partial charge in [0.15, 0.2) is 5.82 Å². The van der Waals surface area contributed by atoms with Gasteiger partial charge in [-0.15, -0.1) is 0 Å². The van der Waals surface area contributed by atoms with Crippen LogP contribution in [0.2, 0.25) is 0 Å². The van der Waals surface area contributed by atoms with E-state index in [1.54, 1.807) is 24.5 Å². The highest BCUT2D eigenvalue weighted by molar-refractivity contribution is 5.55. The van der Waals surface area contributed by atoms with Crippen LogP contribution in [0.5, 0.6) is 0 Å². The molecule has 2 rings (SSSR count). The Morgan fingerprint density at radius 1 is 1.22 bits per heavy atom. The molecular weight excluding hydrogens is 231 g/mol. The predicted octanol–water partition coefficient (Wildman–Crippen LogP) is 2.04. The number of aromatic nitrogens is 2. The lowest BCUT2D eigenvalue weighted by Crippen LogP contribution is -2.08. The molecular formula is C13H15FN4. The summed E-state index contributed by atoms with van der Waals surface area (Å²) in [6.45, 7) is 1.44. The second kappa shape index (κ2) is 6.07. The molecule has 0 atom stereocenters. The molecule has 0 aliphatic carbocycles. The highest BCUT2D eigenvalue weighted by atomic mass is 19.1. The zero-order chi connectivity index (χ0) is 12.8. The van der Waals surface area contributed by atoms with Crippen LogP contribution in [0.3, 0.4) is 0 Å². The lowest BCUT2D eigenvalue weighted by Gasteiger charge is -2.05. The van der Waals surface area contributed by atoms with Crippen LogP contribution in [0.25, 0.3) is 11.4 Å². The summed E-state index contributed by atoms with van der Waals surface area (Å²) >= 11 is 0. The van der Waals surface area contributed by atoms with Gasteiger partial charge in [0.25, 0.3) is 0 Å². The van der Waals surface area contributed by atoms with Gasteiger partial charge >= 0.3 is 0 Å². The van der Waals surface area contributed by atoms with Gasteiger partial charge in [0.2, 0.25) is 0 Å². The number of rotatable bonds is 5. The van der Waals surface area contributed by atoms with Gasteiger partial charge < -0.3 is 11.1 Å². The molecule has 18 heavy (non-hydrogen) atoms. The lowest BCUT2D eigenvalue weighted by molar-refractivity contribution is 0.628. The van der Waals surface area contributed by atoms with Crippen molar-refractivity contribution in [3.63, 3.8) is 0 Å². The first-order valence-electron chi connectivity index (χ1n) is 5.81. The third-order valence-electron chi connectivity index (χ3n) is 2.44. The van der Waals surface area contributed by atoms with Crippen molar-refractivity contribution in [2.24, 2.45) is 5.73 Å². The van der Waals surface area contributed by atoms with E-state index in [1.165, 1.54) is 12.1 Å². The van der Waals surface area contributed by atoms with E-state index in [1.807, 2.05) is 0 Å². The first-order chi connectivity index (χ1) is 8.79. The Morgan fingerprint density at radius 2 is 2.00 bits per heavy atom. The summed E-state index contributed by atoms with van der Waals surface area (Å²) < 4.78 is 13.1. The molecule has 0 amide bonds. The number of benzene rings is 1. The van der Waals surface area contributed by atoms with Crippen molar-refractivity contribution in [3.05, 3.63) is 42.5 Å². The SMILES string of the molecule is NCCCNc1cnc(-c2cccc(F)c2)nc1. The quantitative estimate of drug-likeness (QED) is 0.792. The van der Waals surface area contributed by atoms with E-state index in [4.69, 9.17) is 5.73 Å². The van der Waals surface area contributed by atoms with Crippen molar-refractivity contribution in [1.29, 1.82) is 0 Å². The van der Waals surface area contributed by atoms with Gasteiger partial charge in [0.1, 0.15) is 5.82 Å². The minimum absolute atomic E-state index is 0.291. The average molecular weight is 246 g/mol. The maximum atomic E-state index is 13.1. The summed E-state index contributed by atoms with van der Waals surface area (Å²) in [7, 11) is 0. The molecule has 1 aromatic heterocycles. The fourth-order valence-corrected chi connectivity index (χ4v) is 1.53. The van der Waals surface area contributed by atoms with E-state index in [-0.39, 0.29) is 5.82 Å². The highest BCUT2D eigenvalue weighted by Gasteiger charge is 2.02. The first-order valence-corrected chi connectivity index (χ1v) is 5.81. The summed E-state index contributed by atoms with van der Waals surface area (Å²) in [5.41, 5.74) is 6.91. The van der Waals surface area contributed by atoms with Crippen LogP contribution in [-0.2, 0) is 0 Å². The standard InChI is InChI=1S/C13H15FN4/c14-11-4-1-3-10(7-11)13-17-8-12(9-18-13)16-6-2-5-15/h1,3-4,7-9,16H,2,5-6,15H2. The minimum atomic E-state index is -0.291. The predicted molar refractivity (Wildman–Crippen MR) is 69.6 cm³/mol. The minimum Gasteiger partial charge on any atom is -0.383 e. The molecule has 0 aliphatic heterocycles. The molecule has 5 heteroatoms. The van der Waals surface area contributed by atoms with Crippen molar-refractivity contribution in [2.75, 3.05) is 18.4 Å². The molecule has 0 unspecified atom stereocenters. The number of halogens is 1. The molecule has 0 fully saturated rings. The molecule has 0 spiro atoms. The molecule has 94 valence electrons. The maximum absolute atomic E-state index is 13.1. The summed E-state index contributed by atoms with van der Waals surface area (Å²) in [6, 6.07) is 6.23. The second-order valence-electron chi connectivity index (χ2n) is 3.87. The summed E-state index contributed by atoms with van der Waals surface area (Å²) in [5, 5.41) is 3.16. The van der Waals surface area contributed by atoms with Crippen LogP contribution in [0.1, 0.15) is 6.42 Å². The third kappa shape index (κ3) is 3.24. The monoisotopic (exact) mass is 246 g/mol. The van der Waals surface area contributed by atoms with Crippen LogP contribution in [0.15, 0.2) is 36.7 Å². The molecule has 0 aliphatic rings. The summed E-state index contributed by atoms with van der Waals surface area (Å²) in [4.78, 5) is 8.39. The Labute approximate surface area is 105 Å². The topological polar surface area (TPSA) is 63.8 Å². The first kappa shape index (κ1) is 12.4. The zero-order valence-electron chi connectivity index (χ0n) is 9.94. The molecule has 3 N–H and O–H groups in total. The van der Waals surface area contributed by atoms with Gasteiger partial charge in [-0.2, -0.15) is 0 Å². The van der Waals surface area contributed by atoms with Gasteiger partial charge in [-0.25, -0.2) is 14.4 Å². The Hall–Kier alpha value is -2.01. The molecule has 1 heterocycles. The van der Waals surface area contributed by atoms with E-state index < -0.39 is 0 Å². The Morgan fingerprint density at radius 3 is 2.67 bits per heavy atom. The fraction of sp³-hybridized carbons (Fsp3) is 0.231. The van der Waals surface area contributed by atoms with Crippen LogP contribution in [0, 0.1) is 5.82 Å². The smallest absolute Gasteiger partial charge is 0.159 e. The average Bonchev–Trinajstić information content (AvgIpc) is 2.40. The molecule has 0 radical (unpaired) electrons. The third-order valence-corrected chi connectivity index (χ3v) is 2.44.